The van der Waals surface area contributed by atoms with Gasteiger partial charge < -0.3 is 23.8 Å². The van der Waals surface area contributed by atoms with Crippen molar-refractivity contribution < 1.29 is 38.2 Å². The minimum atomic E-state index is -0.881. The van der Waals surface area contributed by atoms with Crippen LogP contribution in [-0.2, 0) is 28.6 Å². The van der Waals surface area contributed by atoms with Crippen molar-refractivity contribution in [3.8, 4) is 0 Å². The number of carbonyl (C=O) groups excluding carboxylic acids is 2. The molecule has 0 fully saturated rings. The molecular formula is C42H74NO7+. The van der Waals surface area contributed by atoms with Crippen molar-refractivity contribution in [2.75, 3.05) is 41.0 Å². The SMILES string of the molecule is CC/C=C/C/C=C/CCCCCCCCCC(=O)OC(COCCC(C(=O)O)[N+](C)(C)C)COC(=O)CCCCCCC/C=C/C/C=C/CC. The van der Waals surface area contributed by atoms with Gasteiger partial charge in [0, 0.05) is 19.3 Å². The molecule has 0 saturated carbocycles. The third kappa shape index (κ3) is 31.3. The van der Waals surface area contributed by atoms with E-state index in [1.807, 2.05) is 21.1 Å². The summed E-state index contributed by atoms with van der Waals surface area (Å²) < 4.78 is 17.2. The zero-order valence-electron chi connectivity index (χ0n) is 32.6. The van der Waals surface area contributed by atoms with Gasteiger partial charge in [0.2, 0.25) is 0 Å². The van der Waals surface area contributed by atoms with E-state index in [1.165, 1.54) is 25.7 Å². The maximum atomic E-state index is 12.7. The molecule has 2 unspecified atom stereocenters. The van der Waals surface area contributed by atoms with E-state index < -0.39 is 18.1 Å². The molecular weight excluding hydrogens is 630 g/mol. The Hall–Kier alpha value is -2.71. The number of carboxylic acid groups (broad SMARTS) is 1. The molecule has 0 aromatic rings. The molecule has 0 bridgehead atoms. The Morgan fingerprint density at radius 2 is 1.06 bits per heavy atom. The molecule has 8 heteroatoms. The number of carbonyl (C=O) groups is 3. The summed E-state index contributed by atoms with van der Waals surface area (Å²) in [6, 6.07) is -0.618. The van der Waals surface area contributed by atoms with Crippen LogP contribution in [0.25, 0.3) is 0 Å². The Kier molecular flexibility index (Phi) is 31.6. The van der Waals surface area contributed by atoms with Gasteiger partial charge in [-0.3, -0.25) is 9.59 Å². The maximum Gasteiger partial charge on any atom is 0.362 e. The first-order valence-electron chi connectivity index (χ1n) is 19.7. The molecule has 0 aromatic heterocycles. The lowest BCUT2D eigenvalue weighted by Crippen LogP contribution is -2.50. The number of unbranched alkanes of at least 4 members (excludes halogenated alkanes) is 12. The topological polar surface area (TPSA) is 99.1 Å². The number of nitrogens with zero attached hydrogens (tertiary/aromatic N) is 1. The predicted molar refractivity (Wildman–Crippen MR) is 206 cm³/mol. The summed E-state index contributed by atoms with van der Waals surface area (Å²) in [4.78, 5) is 36.8. The Balaban J connectivity index is 4.44. The van der Waals surface area contributed by atoms with Gasteiger partial charge in [0.1, 0.15) is 6.61 Å². The highest BCUT2D eigenvalue weighted by Gasteiger charge is 2.31. The molecule has 0 radical (unpaired) electrons. The molecule has 0 aliphatic rings. The van der Waals surface area contributed by atoms with Crippen LogP contribution in [0.3, 0.4) is 0 Å². The molecule has 0 amide bonds. The van der Waals surface area contributed by atoms with Gasteiger partial charge in [0.05, 0.1) is 34.4 Å². The van der Waals surface area contributed by atoms with E-state index in [0.29, 0.717) is 19.3 Å². The molecule has 1 N–H and O–H groups in total. The first-order chi connectivity index (χ1) is 24.1. The van der Waals surface area contributed by atoms with Crippen molar-refractivity contribution in [1.82, 2.24) is 0 Å². The van der Waals surface area contributed by atoms with E-state index >= 15 is 0 Å². The highest BCUT2D eigenvalue weighted by atomic mass is 16.6. The summed E-state index contributed by atoms with van der Waals surface area (Å²) in [6.07, 6.45) is 37.2. The van der Waals surface area contributed by atoms with Crippen molar-refractivity contribution >= 4 is 17.9 Å². The van der Waals surface area contributed by atoms with Gasteiger partial charge in [-0.1, -0.05) is 114 Å². The van der Waals surface area contributed by atoms with Gasteiger partial charge in [-0.15, -0.1) is 0 Å². The minimum absolute atomic E-state index is 0.0521. The van der Waals surface area contributed by atoms with Crippen LogP contribution in [0.15, 0.2) is 48.6 Å². The van der Waals surface area contributed by atoms with Crippen molar-refractivity contribution in [1.29, 1.82) is 0 Å². The number of hydrogen-bond donors (Lipinski definition) is 1. The average Bonchev–Trinajstić information content (AvgIpc) is 3.06. The number of hydrogen-bond acceptors (Lipinski definition) is 6. The van der Waals surface area contributed by atoms with Crippen molar-refractivity contribution in [3.63, 3.8) is 0 Å². The molecule has 0 heterocycles. The fraction of sp³-hybridized carbons (Fsp3) is 0.738. The van der Waals surface area contributed by atoms with E-state index in [2.05, 4.69) is 62.5 Å². The van der Waals surface area contributed by atoms with Gasteiger partial charge in [-0.25, -0.2) is 4.79 Å². The molecule has 0 saturated heterocycles. The monoisotopic (exact) mass is 705 g/mol. The van der Waals surface area contributed by atoms with Gasteiger partial charge in [0.25, 0.3) is 0 Å². The van der Waals surface area contributed by atoms with E-state index in [0.717, 1.165) is 89.9 Å². The molecule has 50 heavy (non-hydrogen) atoms. The van der Waals surface area contributed by atoms with Gasteiger partial charge in [-0.2, -0.15) is 0 Å². The van der Waals surface area contributed by atoms with Gasteiger partial charge in [-0.05, 0) is 64.2 Å². The fourth-order valence-electron chi connectivity index (χ4n) is 5.46. The average molecular weight is 705 g/mol. The Labute approximate surface area is 306 Å². The van der Waals surface area contributed by atoms with Crippen LogP contribution in [0.1, 0.15) is 149 Å². The number of carboxylic acids is 1. The van der Waals surface area contributed by atoms with E-state index in [-0.39, 0.29) is 36.2 Å². The van der Waals surface area contributed by atoms with Gasteiger partial charge in [0.15, 0.2) is 12.1 Å². The van der Waals surface area contributed by atoms with E-state index in [9.17, 15) is 19.5 Å². The van der Waals surface area contributed by atoms with Crippen molar-refractivity contribution in [2.24, 2.45) is 0 Å². The Morgan fingerprint density at radius 3 is 1.54 bits per heavy atom. The summed E-state index contributed by atoms with van der Waals surface area (Å²) >= 11 is 0. The van der Waals surface area contributed by atoms with Crippen LogP contribution in [0, 0.1) is 0 Å². The highest BCUT2D eigenvalue weighted by Crippen LogP contribution is 2.13. The summed E-state index contributed by atoms with van der Waals surface area (Å²) in [5.74, 6) is -1.50. The number of esters is 2. The Bertz CT molecular complexity index is 964. The molecule has 0 rings (SSSR count). The smallest absolute Gasteiger partial charge is 0.362 e. The zero-order valence-corrected chi connectivity index (χ0v) is 32.6. The maximum absolute atomic E-state index is 12.7. The first kappa shape index (κ1) is 47.3. The van der Waals surface area contributed by atoms with Gasteiger partial charge >= 0.3 is 17.9 Å². The lowest BCUT2D eigenvalue weighted by molar-refractivity contribution is -0.887. The number of ether oxygens (including phenoxy) is 3. The zero-order chi connectivity index (χ0) is 37.1. The third-order valence-corrected chi connectivity index (χ3v) is 8.47. The van der Waals surface area contributed by atoms with E-state index in [1.54, 1.807) is 0 Å². The van der Waals surface area contributed by atoms with Crippen LogP contribution in [0.4, 0.5) is 0 Å². The van der Waals surface area contributed by atoms with Crippen LogP contribution < -0.4 is 0 Å². The highest BCUT2D eigenvalue weighted by molar-refractivity contribution is 5.72. The number of allylic oxidation sites excluding steroid dienone is 8. The number of rotatable bonds is 34. The van der Waals surface area contributed by atoms with Crippen LogP contribution in [0.2, 0.25) is 0 Å². The predicted octanol–water partition coefficient (Wildman–Crippen LogP) is 10.1. The molecule has 8 nitrogen and oxygen atoms in total. The van der Waals surface area contributed by atoms with Crippen LogP contribution in [0.5, 0.6) is 0 Å². The van der Waals surface area contributed by atoms with E-state index in [4.69, 9.17) is 14.2 Å². The second-order valence-corrected chi connectivity index (χ2v) is 14.1. The van der Waals surface area contributed by atoms with Crippen LogP contribution in [-0.4, -0.2) is 80.6 Å². The molecule has 2 atom stereocenters. The summed E-state index contributed by atoms with van der Waals surface area (Å²) in [7, 11) is 5.51. The van der Waals surface area contributed by atoms with Crippen molar-refractivity contribution in [3.05, 3.63) is 48.6 Å². The fourth-order valence-corrected chi connectivity index (χ4v) is 5.46. The Morgan fingerprint density at radius 1 is 0.600 bits per heavy atom. The number of aliphatic carboxylic acids is 1. The third-order valence-electron chi connectivity index (χ3n) is 8.47. The minimum Gasteiger partial charge on any atom is -0.477 e. The summed E-state index contributed by atoms with van der Waals surface area (Å²) in [5.41, 5.74) is 0. The molecule has 0 aromatic carbocycles. The van der Waals surface area contributed by atoms with Crippen molar-refractivity contribution in [2.45, 2.75) is 161 Å². The quantitative estimate of drug-likeness (QED) is 0.0308. The lowest BCUT2D eigenvalue weighted by atomic mass is 10.1. The number of quaternary nitrogens is 1. The normalized spacial score (nSPS) is 13.5. The molecule has 0 aliphatic heterocycles. The molecule has 288 valence electrons. The summed E-state index contributed by atoms with van der Waals surface area (Å²) in [5, 5.41) is 9.59. The standard InChI is InChI=1S/C42H73NO7/c1-6-8-10-12-14-16-18-20-21-23-25-27-29-31-33-41(45)50-38(36-48-35-34-39(42(46)47)43(3,4)5)37-49-40(44)32-30-28-26-24-22-19-17-15-13-11-9-7-2/h8-11,14-17,38-39H,6-7,12-13,18-37H2,1-5H3/p+1/b10-8+,11-9+,16-14+,17-15+. The first-order valence-corrected chi connectivity index (χ1v) is 19.7. The molecule has 0 aliphatic carbocycles. The second kappa shape index (κ2) is 33.4. The summed E-state index contributed by atoms with van der Waals surface area (Å²) in [6.45, 7) is 4.48. The lowest BCUT2D eigenvalue weighted by Gasteiger charge is -2.31. The number of likely N-dealkylation sites (N-methyl/N-ethyl adjacent to an activating group) is 1. The second-order valence-electron chi connectivity index (χ2n) is 14.1. The van der Waals surface area contributed by atoms with Crippen LogP contribution >= 0.6 is 0 Å². The molecule has 0 spiro atoms. The largest absolute Gasteiger partial charge is 0.477 e.